The molecule has 0 saturated carbocycles. The molecule has 0 bridgehead atoms. The molecule has 0 unspecified atom stereocenters. The molecule has 22 heavy (non-hydrogen) atoms. The zero-order valence-electron chi connectivity index (χ0n) is 11.6. The van der Waals surface area contributed by atoms with Gasteiger partial charge in [-0.05, 0) is 25.0 Å². The number of nitrogens with two attached hydrogens (primary N) is 1. The highest BCUT2D eigenvalue weighted by atomic mass is 19.4. The number of ether oxygens (including phenoxy) is 2. The normalized spacial score (nSPS) is 24.5. The molecule has 2 atom stereocenters. The number of benzene rings is 1. The first-order valence-corrected chi connectivity index (χ1v) is 6.90. The van der Waals surface area contributed by atoms with Crippen molar-refractivity contribution in [3.05, 3.63) is 23.8 Å². The van der Waals surface area contributed by atoms with E-state index in [1.54, 1.807) is 12.1 Å². The fraction of sp³-hybridized carbons (Fsp3) is 0.500. The van der Waals surface area contributed by atoms with Crippen LogP contribution in [-0.2, 0) is 0 Å². The molecule has 0 aliphatic carbocycles. The van der Waals surface area contributed by atoms with Crippen LogP contribution in [0.5, 0.6) is 11.5 Å². The third-order valence-electron chi connectivity index (χ3n) is 3.88. The molecule has 8 heteroatoms. The Labute approximate surface area is 124 Å². The number of hydrogen-bond acceptors (Lipinski definition) is 4. The maximum atomic E-state index is 13.2. The van der Waals surface area contributed by atoms with Gasteiger partial charge >= 0.3 is 6.18 Å². The number of carbonyl (C=O) groups is 1. The monoisotopic (exact) mass is 316 g/mol. The van der Waals surface area contributed by atoms with Gasteiger partial charge in [-0.3, -0.25) is 4.79 Å². The highest BCUT2D eigenvalue weighted by molar-refractivity contribution is 5.98. The Morgan fingerprint density at radius 2 is 2.05 bits per heavy atom. The van der Waals surface area contributed by atoms with Crippen LogP contribution in [0.25, 0.3) is 0 Å². The highest BCUT2D eigenvalue weighted by Crippen LogP contribution is 2.38. The molecule has 1 aromatic carbocycles. The topological polar surface area (TPSA) is 64.8 Å². The van der Waals surface area contributed by atoms with Crippen LogP contribution < -0.4 is 15.2 Å². The minimum atomic E-state index is -4.48. The molecule has 2 aliphatic heterocycles. The summed E-state index contributed by atoms with van der Waals surface area (Å²) in [6.45, 7) is -0.185. The standard InChI is InChI=1S/C14H15F3N2O3/c15-14(16,17)11-5-4-8(18)6-19(11)13(20)9-2-1-3-10-12(9)22-7-21-10/h1-3,8,11H,4-7,18H2/t8-,11-/m0/s1. The zero-order valence-corrected chi connectivity index (χ0v) is 11.6. The van der Waals surface area contributed by atoms with Crippen molar-refractivity contribution in [3.63, 3.8) is 0 Å². The molecule has 3 rings (SSSR count). The second-order valence-corrected chi connectivity index (χ2v) is 5.39. The molecule has 1 saturated heterocycles. The average Bonchev–Trinajstić information content (AvgIpc) is 2.93. The van der Waals surface area contributed by atoms with Gasteiger partial charge in [-0.15, -0.1) is 0 Å². The molecule has 0 spiro atoms. The largest absolute Gasteiger partial charge is 0.454 e. The number of piperidine rings is 1. The quantitative estimate of drug-likeness (QED) is 0.859. The van der Waals surface area contributed by atoms with Gasteiger partial charge in [-0.25, -0.2) is 0 Å². The van der Waals surface area contributed by atoms with Crippen molar-refractivity contribution in [3.8, 4) is 11.5 Å². The van der Waals surface area contributed by atoms with Crippen LogP contribution in [0.3, 0.4) is 0 Å². The van der Waals surface area contributed by atoms with Crippen molar-refractivity contribution < 1.29 is 27.4 Å². The van der Waals surface area contributed by atoms with Crippen molar-refractivity contribution >= 4 is 5.91 Å². The Bertz CT molecular complexity index is 591. The van der Waals surface area contributed by atoms with Gasteiger partial charge in [0.15, 0.2) is 11.5 Å². The van der Waals surface area contributed by atoms with Crippen LogP contribution in [0.1, 0.15) is 23.2 Å². The number of nitrogens with zero attached hydrogens (tertiary/aromatic N) is 1. The fourth-order valence-corrected chi connectivity index (χ4v) is 2.82. The van der Waals surface area contributed by atoms with Crippen LogP contribution in [0, 0.1) is 0 Å². The minimum absolute atomic E-state index is 0.0537. The number of rotatable bonds is 1. The summed E-state index contributed by atoms with van der Waals surface area (Å²) in [7, 11) is 0. The summed E-state index contributed by atoms with van der Waals surface area (Å²) in [5, 5.41) is 0. The lowest BCUT2D eigenvalue weighted by atomic mass is 9.97. The minimum Gasteiger partial charge on any atom is -0.454 e. The number of para-hydroxylation sites is 1. The fourth-order valence-electron chi connectivity index (χ4n) is 2.82. The van der Waals surface area contributed by atoms with E-state index in [0.29, 0.717) is 5.75 Å². The lowest BCUT2D eigenvalue weighted by Gasteiger charge is -2.39. The average molecular weight is 316 g/mol. The predicted octanol–water partition coefficient (Wildman–Crippen LogP) is 1.91. The zero-order chi connectivity index (χ0) is 15.9. The molecule has 2 heterocycles. The summed E-state index contributed by atoms with van der Waals surface area (Å²) in [6, 6.07) is 2.30. The highest BCUT2D eigenvalue weighted by Gasteiger charge is 2.48. The smallest absolute Gasteiger partial charge is 0.408 e. The van der Waals surface area contributed by atoms with Crippen molar-refractivity contribution in [1.29, 1.82) is 0 Å². The Kier molecular flexibility index (Phi) is 3.64. The summed E-state index contributed by atoms with van der Waals surface area (Å²) in [5.41, 5.74) is 5.81. The maximum absolute atomic E-state index is 13.2. The van der Waals surface area contributed by atoms with Gasteiger partial charge in [-0.2, -0.15) is 13.2 Å². The molecular weight excluding hydrogens is 301 g/mol. The van der Waals surface area contributed by atoms with Gasteiger partial charge < -0.3 is 20.1 Å². The molecule has 120 valence electrons. The van der Waals surface area contributed by atoms with Gasteiger partial charge in [0, 0.05) is 12.6 Å². The van der Waals surface area contributed by atoms with E-state index in [0.717, 1.165) is 4.90 Å². The third kappa shape index (κ3) is 2.58. The molecule has 2 aliphatic rings. The number of amides is 1. The van der Waals surface area contributed by atoms with E-state index in [1.807, 2.05) is 0 Å². The van der Waals surface area contributed by atoms with E-state index in [9.17, 15) is 18.0 Å². The van der Waals surface area contributed by atoms with Crippen molar-refractivity contribution in [2.75, 3.05) is 13.3 Å². The molecule has 5 nitrogen and oxygen atoms in total. The van der Waals surface area contributed by atoms with E-state index in [1.165, 1.54) is 6.07 Å². The first-order valence-electron chi connectivity index (χ1n) is 6.90. The Hall–Kier alpha value is -1.96. The van der Waals surface area contributed by atoms with Crippen LogP contribution in [0.4, 0.5) is 13.2 Å². The van der Waals surface area contributed by atoms with Gasteiger partial charge in [0.1, 0.15) is 6.04 Å². The van der Waals surface area contributed by atoms with Gasteiger partial charge in [0.25, 0.3) is 5.91 Å². The van der Waals surface area contributed by atoms with Gasteiger partial charge in [0.2, 0.25) is 6.79 Å². The summed E-state index contributed by atoms with van der Waals surface area (Å²) >= 11 is 0. The maximum Gasteiger partial charge on any atom is 0.408 e. The molecular formula is C14H15F3N2O3. The lowest BCUT2D eigenvalue weighted by Crippen LogP contribution is -2.56. The van der Waals surface area contributed by atoms with Crippen LogP contribution in [-0.4, -0.2) is 42.4 Å². The summed E-state index contributed by atoms with van der Waals surface area (Å²) in [6.07, 6.45) is -4.44. The second kappa shape index (κ2) is 5.35. The lowest BCUT2D eigenvalue weighted by molar-refractivity contribution is -0.184. The predicted molar refractivity (Wildman–Crippen MR) is 70.7 cm³/mol. The van der Waals surface area contributed by atoms with Crippen molar-refractivity contribution in [2.45, 2.75) is 31.1 Å². The van der Waals surface area contributed by atoms with Gasteiger partial charge in [0.05, 0.1) is 5.56 Å². The Balaban J connectivity index is 1.94. The summed E-state index contributed by atoms with van der Waals surface area (Å²) in [4.78, 5) is 13.4. The summed E-state index contributed by atoms with van der Waals surface area (Å²) in [5.74, 6) is -0.192. The SMILES string of the molecule is N[C@H]1CC[C@@H](C(F)(F)F)N(C(=O)c2cccc3c2OCO3)C1. The molecule has 2 N–H and O–H groups in total. The van der Waals surface area contributed by atoms with Crippen LogP contribution in [0.2, 0.25) is 0 Å². The third-order valence-corrected chi connectivity index (χ3v) is 3.88. The van der Waals surface area contributed by atoms with Gasteiger partial charge in [-0.1, -0.05) is 6.07 Å². The molecule has 1 fully saturated rings. The molecule has 1 amide bonds. The number of likely N-dealkylation sites (tertiary alicyclic amines) is 1. The number of carbonyl (C=O) groups excluding carboxylic acids is 1. The van der Waals surface area contributed by atoms with E-state index in [4.69, 9.17) is 15.2 Å². The first kappa shape index (κ1) is 15.0. The Morgan fingerprint density at radius 3 is 2.77 bits per heavy atom. The van der Waals surface area contributed by atoms with Crippen molar-refractivity contribution in [1.82, 2.24) is 4.90 Å². The number of halogens is 3. The number of alkyl halides is 3. The van der Waals surface area contributed by atoms with Crippen LogP contribution in [0.15, 0.2) is 18.2 Å². The summed E-state index contributed by atoms with van der Waals surface area (Å²) < 4.78 is 49.9. The van der Waals surface area contributed by atoms with E-state index in [2.05, 4.69) is 0 Å². The van der Waals surface area contributed by atoms with Crippen molar-refractivity contribution in [2.24, 2.45) is 5.73 Å². The first-order chi connectivity index (χ1) is 10.4. The molecule has 1 aromatic rings. The Morgan fingerprint density at radius 1 is 1.27 bits per heavy atom. The number of hydrogen-bond donors (Lipinski definition) is 1. The van der Waals surface area contributed by atoms with E-state index >= 15 is 0 Å². The molecule has 0 radical (unpaired) electrons. The number of fused-ring (bicyclic) bond motifs is 1. The second-order valence-electron chi connectivity index (χ2n) is 5.39. The van der Waals surface area contributed by atoms with Crippen LogP contribution >= 0.6 is 0 Å². The van der Waals surface area contributed by atoms with E-state index < -0.39 is 24.2 Å². The molecule has 0 aromatic heterocycles. The van der Waals surface area contributed by atoms with E-state index in [-0.39, 0.29) is 37.5 Å².